The van der Waals surface area contributed by atoms with Gasteiger partial charge in [-0.2, -0.15) is 0 Å². The molecule has 1 atom stereocenters. The van der Waals surface area contributed by atoms with E-state index < -0.39 is 20.9 Å². The highest BCUT2D eigenvalue weighted by atomic mass is 32.2. The van der Waals surface area contributed by atoms with Gasteiger partial charge in [-0.25, -0.2) is 18.1 Å². The molecule has 0 amide bonds. The zero-order valence-corrected chi connectivity index (χ0v) is 15.0. The third kappa shape index (κ3) is 3.61. The van der Waals surface area contributed by atoms with E-state index in [4.69, 9.17) is 12.6 Å². The maximum Gasteiger partial charge on any atom is 0.299 e. The fourth-order valence-electron chi connectivity index (χ4n) is 3.61. The predicted octanol–water partition coefficient (Wildman–Crippen LogP) is 1.94. The maximum absolute atomic E-state index is 12.8. The highest BCUT2D eigenvalue weighted by molar-refractivity contribution is 7.90. The molecule has 2 aliphatic rings. The van der Waals surface area contributed by atoms with Crippen molar-refractivity contribution in [1.82, 2.24) is 4.72 Å². The van der Waals surface area contributed by atoms with Crippen LogP contribution in [0.15, 0.2) is 29.3 Å². The number of amidine groups is 1. The van der Waals surface area contributed by atoms with Gasteiger partial charge in [0.1, 0.15) is 18.7 Å². The summed E-state index contributed by atoms with van der Waals surface area (Å²) in [6.07, 6.45) is 5.44. The Bertz CT molecular complexity index is 740. The summed E-state index contributed by atoms with van der Waals surface area (Å²) in [4.78, 5) is 4.51. The number of benzene rings is 1. The lowest BCUT2D eigenvalue weighted by molar-refractivity contribution is 0.0758. The van der Waals surface area contributed by atoms with Crippen molar-refractivity contribution >= 4 is 29.4 Å². The normalized spacial score (nSPS) is 28.1. The average Bonchev–Trinajstić information content (AvgIpc) is 2.45. The SMILES string of the molecule is [B]c1cccc(C2C(C)(C)OC(=NC3CCCCC3)NS2(=O)=O)c1. The van der Waals surface area contributed by atoms with E-state index in [0.717, 1.165) is 25.7 Å². The molecule has 1 aromatic carbocycles. The van der Waals surface area contributed by atoms with E-state index in [1.54, 1.807) is 38.1 Å². The third-order valence-electron chi connectivity index (χ3n) is 4.62. The Morgan fingerprint density at radius 3 is 2.58 bits per heavy atom. The van der Waals surface area contributed by atoms with Crippen molar-refractivity contribution in [1.29, 1.82) is 0 Å². The number of nitrogens with one attached hydrogen (secondary N) is 1. The number of rotatable bonds is 2. The summed E-state index contributed by atoms with van der Waals surface area (Å²) in [5, 5.41) is -0.848. The molecule has 2 fully saturated rings. The molecular formula is C17H23BN2O3S. The van der Waals surface area contributed by atoms with E-state index in [0.29, 0.717) is 11.0 Å². The molecule has 128 valence electrons. The molecule has 0 spiro atoms. The van der Waals surface area contributed by atoms with Gasteiger partial charge in [0.15, 0.2) is 0 Å². The molecule has 1 saturated carbocycles. The average molecular weight is 346 g/mol. The molecule has 24 heavy (non-hydrogen) atoms. The molecule has 1 aliphatic carbocycles. The van der Waals surface area contributed by atoms with Crippen molar-refractivity contribution in [3.63, 3.8) is 0 Å². The van der Waals surface area contributed by atoms with Gasteiger partial charge in [-0.05, 0) is 32.3 Å². The van der Waals surface area contributed by atoms with Gasteiger partial charge < -0.3 is 4.74 Å². The quantitative estimate of drug-likeness (QED) is 0.832. The summed E-state index contributed by atoms with van der Waals surface area (Å²) in [6, 6.07) is 7.17. The Balaban J connectivity index is 1.91. The minimum atomic E-state index is -3.66. The Kier molecular flexibility index (Phi) is 4.64. The number of nitrogens with zero attached hydrogens (tertiary/aromatic N) is 1. The van der Waals surface area contributed by atoms with Crippen LogP contribution < -0.4 is 10.2 Å². The smallest absolute Gasteiger partial charge is 0.299 e. The molecule has 1 unspecified atom stereocenters. The second kappa shape index (κ2) is 6.43. The molecule has 1 heterocycles. The highest BCUT2D eigenvalue weighted by Gasteiger charge is 2.48. The highest BCUT2D eigenvalue weighted by Crippen LogP contribution is 2.38. The van der Waals surface area contributed by atoms with Gasteiger partial charge in [0.2, 0.25) is 10.0 Å². The number of hydrogen-bond donors (Lipinski definition) is 1. The minimum Gasteiger partial charge on any atom is -0.457 e. The van der Waals surface area contributed by atoms with Crippen LogP contribution in [0.4, 0.5) is 0 Å². The Morgan fingerprint density at radius 2 is 1.96 bits per heavy atom. The van der Waals surface area contributed by atoms with Crippen LogP contribution in [-0.4, -0.2) is 33.9 Å². The lowest BCUT2D eigenvalue weighted by Crippen LogP contribution is -2.54. The van der Waals surface area contributed by atoms with Gasteiger partial charge in [0.05, 0.1) is 6.04 Å². The van der Waals surface area contributed by atoms with E-state index >= 15 is 0 Å². The molecule has 7 heteroatoms. The Morgan fingerprint density at radius 1 is 1.25 bits per heavy atom. The fraction of sp³-hybridized carbons (Fsp3) is 0.588. The van der Waals surface area contributed by atoms with Crippen LogP contribution in [0.2, 0.25) is 0 Å². The van der Waals surface area contributed by atoms with Crippen molar-refractivity contribution in [2.24, 2.45) is 4.99 Å². The standard InChI is InChI=1S/C17H23BN2O3S/c1-17(2)15(12-7-6-8-13(18)11-12)24(21,22)20-16(23-17)19-14-9-4-3-5-10-14/h6-8,11,14-15H,3-5,9-10H2,1-2H3,(H,19,20). The molecule has 1 aliphatic heterocycles. The predicted molar refractivity (Wildman–Crippen MR) is 96.1 cm³/mol. The van der Waals surface area contributed by atoms with Gasteiger partial charge >= 0.3 is 0 Å². The molecule has 2 radical (unpaired) electrons. The summed E-state index contributed by atoms with van der Waals surface area (Å²) >= 11 is 0. The van der Waals surface area contributed by atoms with Crippen molar-refractivity contribution in [2.75, 3.05) is 0 Å². The molecule has 1 saturated heterocycles. The van der Waals surface area contributed by atoms with Gasteiger partial charge in [-0.3, -0.25) is 0 Å². The Hall–Kier alpha value is -1.50. The monoisotopic (exact) mass is 346 g/mol. The number of ether oxygens (including phenoxy) is 1. The molecule has 0 bridgehead atoms. The topological polar surface area (TPSA) is 67.8 Å². The van der Waals surface area contributed by atoms with Crippen LogP contribution in [-0.2, 0) is 14.8 Å². The lowest BCUT2D eigenvalue weighted by Gasteiger charge is -2.39. The molecule has 5 nitrogen and oxygen atoms in total. The van der Waals surface area contributed by atoms with Crippen molar-refractivity contribution in [3.8, 4) is 0 Å². The van der Waals surface area contributed by atoms with Crippen molar-refractivity contribution in [3.05, 3.63) is 29.8 Å². The number of hydrogen-bond acceptors (Lipinski definition) is 4. The number of aliphatic imine (C=N–C) groups is 1. The van der Waals surface area contributed by atoms with Gasteiger partial charge in [-0.15, -0.1) is 0 Å². The first-order valence-corrected chi connectivity index (χ1v) is 9.96. The van der Waals surface area contributed by atoms with Gasteiger partial charge in [0.25, 0.3) is 6.02 Å². The first-order valence-electron chi connectivity index (χ1n) is 8.42. The van der Waals surface area contributed by atoms with Crippen LogP contribution in [0.3, 0.4) is 0 Å². The molecule has 1 N–H and O–H groups in total. The van der Waals surface area contributed by atoms with Crippen molar-refractivity contribution < 1.29 is 13.2 Å². The second-order valence-electron chi connectivity index (χ2n) is 7.13. The van der Waals surface area contributed by atoms with Crippen molar-refractivity contribution in [2.45, 2.75) is 62.8 Å². The second-order valence-corrected chi connectivity index (χ2v) is 8.89. The summed E-state index contributed by atoms with van der Waals surface area (Å²) in [6.45, 7) is 3.55. The van der Waals surface area contributed by atoms with Crippen LogP contribution >= 0.6 is 0 Å². The maximum atomic E-state index is 12.8. The zero-order chi connectivity index (χ0) is 17.4. The van der Waals surface area contributed by atoms with Crippen LogP contribution in [0, 0.1) is 0 Å². The molecular weight excluding hydrogens is 323 g/mol. The minimum absolute atomic E-state index is 0.118. The van der Waals surface area contributed by atoms with E-state index in [1.807, 2.05) is 0 Å². The van der Waals surface area contributed by atoms with Gasteiger partial charge in [-0.1, -0.05) is 49.0 Å². The van der Waals surface area contributed by atoms with E-state index in [9.17, 15) is 8.42 Å². The summed E-state index contributed by atoms with van der Waals surface area (Å²) in [5.41, 5.74) is 0.204. The number of sulfonamides is 1. The lowest BCUT2D eigenvalue weighted by atomic mass is 9.90. The van der Waals surface area contributed by atoms with E-state index in [1.165, 1.54) is 6.42 Å². The largest absolute Gasteiger partial charge is 0.457 e. The Labute approximate surface area is 145 Å². The fourth-order valence-corrected chi connectivity index (χ4v) is 5.36. The van der Waals surface area contributed by atoms with E-state index in [2.05, 4.69) is 9.71 Å². The summed E-state index contributed by atoms with van der Waals surface area (Å²) < 4.78 is 34.2. The molecule has 0 aromatic heterocycles. The summed E-state index contributed by atoms with van der Waals surface area (Å²) in [5.74, 6) is 0. The van der Waals surface area contributed by atoms with Crippen LogP contribution in [0.5, 0.6) is 0 Å². The third-order valence-corrected chi connectivity index (χ3v) is 6.54. The van der Waals surface area contributed by atoms with Crippen LogP contribution in [0.25, 0.3) is 0 Å². The van der Waals surface area contributed by atoms with Gasteiger partial charge in [0, 0.05) is 0 Å². The zero-order valence-electron chi connectivity index (χ0n) is 14.2. The summed E-state index contributed by atoms with van der Waals surface area (Å²) in [7, 11) is 2.15. The first kappa shape index (κ1) is 17.3. The molecule has 3 rings (SSSR count). The van der Waals surface area contributed by atoms with E-state index in [-0.39, 0.29) is 12.1 Å². The molecule has 1 aromatic rings. The first-order chi connectivity index (χ1) is 11.3. The van der Waals surface area contributed by atoms with Crippen LogP contribution in [0.1, 0.15) is 56.8 Å².